The summed E-state index contributed by atoms with van der Waals surface area (Å²) in [5, 5.41) is 0.880. The number of aromatic nitrogens is 1. The van der Waals surface area contributed by atoms with Crippen molar-refractivity contribution >= 4 is 27.5 Å². The molecule has 0 saturated heterocycles. The first-order valence-electron chi connectivity index (χ1n) is 4.83. The molecular weight excluding hydrogens is 229 g/mol. The number of rotatable bonds is 2. The van der Waals surface area contributed by atoms with E-state index >= 15 is 0 Å². The SMILES string of the molecule is CCc1nc2c(C(=O)OC)cc(F)cc2s1. The van der Waals surface area contributed by atoms with E-state index in [1.165, 1.54) is 24.5 Å². The van der Waals surface area contributed by atoms with Crippen molar-refractivity contribution in [2.75, 3.05) is 7.11 Å². The zero-order chi connectivity index (χ0) is 11.7. The largest absolute Gasteiger partial charge is 0.465 e. The lowest BCUT2D eigenvalue weighted by Crippen LogP contribution is -2.02. The highest BCUT2D eigenvalue weighted by molar-refractivity contribution is 7.18. The summed E-state index contributed by atoms with van der Waals surface area (Å²) in [6.07, 6.45) is 0.765. The average molecular weight is 239 g/mol. The highest BCUT2D eigenvalue weighted by Crippen LogP contribution is 2.27. The van der Waals surface area contributed by atoms with Crippen LogP contribution in [0.5, 0.6) is 0 Å². The van der Waals surface area contributed by atoms with Gasteiger partial charge in [-0.3, -0.25) is 0 Å². The Morgan fingerprint density at radius 1 is 1.56 bits per heavy atom. The molecule has 0 N–H and O–H groups in total. The maximum atomic E-state index is 13.3. The summed E-state index contributed by atoms with van der Waals surface area (Å²) >= 11 is 1.39. The molecule has 2 aromatic rings. The van der Waals surface area contributed by atoms with Crippen LogP contribution in [0.25, 0.3) is 10.2 Å². The Bertz CT molecular complexity index is 550. The third-order valence-corrected chi connectivity index (χ3v) is 3.36. The molecule has 1 heterocycles. The van der Waals surface area contributed by atoms with Crippen LogP contribution in [0, 0.1) is 5.82 Å². The number of benzene rings is 1. The normalized spacial score (nSPS) is 10.7. The Morgan fingerprint density at radius 2 is 2.31 bits per heavy atom. The van der Waals surface area contributed by atoms with Gasteiger partial charge in [-0.25, -0.2) is 14.2 Å². The van der Waals surface area contributed by atoms with Crippen molar-refractivity contribution in [1.29, 1.82) is 0 Å². The molecule has 0 fully saturated rings. The fourth-order valence-electron chi connectivity index (χ4n) is 1.46. The van der Waals surface area contributed by atoms with Gasteiger partial charge in [0.15, 0.2) is 0 Å². The van der Waals surface area contributed by atoms with Crippen LogP contribution in [0.2, 0.25) is 0 Å². The molecule has 0 unspecified atom stereocenters. The van der Waals surface area contributed by atoms with Gasteiger partial charge in [0, 0.05) is 0 Å². The van der Waals surface area contributed by atoms with Gasteiger partial charge in [0.1, 0.15) is 5.82 Å². The van der Waals surface area contributed by atoms with Gasteiger partial charge >= 0.3 is 5.97 Å². The number of nitrogens with zero attached hydrogens (tertiary/aromatic N) is 1. The van der Waals surface area contributed by atoms with Gasteiger partial charge in [-0.1, -0.05) is 6.92 Å². The van der Waals surface area contributed by atoms with Crippen molar-refractivity contribution in [3.05, 3.63) is 28.5 Å². The summed E-state index contributed by atoms with van der Waals surface area (Å²) in [6, 6.07) is 2.55. The van der Waals surface area contributed by atoms with Gasteiger partial charge in [0.25, 0.3) is 0 Å². The Morgan fingerprint density at radius 3 is 2.94 bits per heavy atom. The Hall–Kier alpha value is -1.49. The van der Waals surface area contributed by atoms with Crippen LogP contribution >= 0.6 is 11.3 Å². The maximum absolute atomic E-state index is 13.3. The molecule has 2 rings (SSSR count). The predicted molar refractivity (Wildman–Crippen MR) is 60.3 cm³/mol. The van der Waals surface area contributed by atoms with Gasteiger partial charge in [0.05, 0.1) is 27.9 Å². The van der Waals surface area contributed by atoms with Crippen LogP contribution in [0.1, 0.15) is 22.3 Å². The molecule has 16 heavy (non-hydrogen) atoms. The minimum absolute atomic E-state index is 0.188. The molecule has 0 atom stereocenters. The van der Waals surface area contributed by atoms with E-state index in [4.69, 9.17) is 0 Å². The molecule has 1 aromatic heterocycles. The van der Waals surface area contributed by atoms with E-state index in [-0.39, 0.29) is 5.56 Å². The zero-order valence-corrected chi connectivity index (χ0v) is 9.73. The minimum Gasteiger partial charge on any atom is -0.465 e. The van der Waals surface area contributed by atoms with Gasteiger partial charge < -0.3 is 4.74 Å². The molecule has 0 spiro atoms. The molecular formula is C11H10FNO2S. The first-order valence-corrected chi connectivity index (χ1v) is 5.64. The molecule has 0 aliphatic heterocycles. The van der Waals surface area contributed by atoms with Crippen molar-refractivity contribution in [3.63, 3.8) is 0 Å². The van der Waals surface area contributed by atoms with Gasteiger partial charge in [0.2, 0.25) is 0 Å². The molecule has 84 valence electrons. The molecule has 5 heteroatoms. The Labute approximate surface area is 95.9 Å². The second kappa shape index (κ2) is 4.17. The number of ether oxygens (including phenoxy) is 1. The summed E-state index contributed by atoms with van der Waals surface area (Å²) in [7, 11) is 1.27. The van der Waals surface area contributed by atoms with Crippen LogP contribution in [0.4, 0.5) is 4.39 Å². The Kier molecular flexibility index (Phi) is 2.87. The lowest BCUT2D eigenvalue weighted by atomic mass is 10.2. The van der Waals surface area contributed by atoms with Crippen LogP contribution in [-0.4, -0.2) is 18.1 Å². The van der Waals surface area contributed by atoms with Gasteiger partial charge in [-0.2, -0.15) is 0 Å². The van der Waals surface area contributed by atoms with Crippen LogP contribution in [0.3, 0.4) is 0 Å². The van der Waals surface area contributed by atoms with Crippen LogP contribution < -0.4 is 0 Å². The van der Waals surface area contributed by atoms with E-state index in [0.717, 1.165) is 17.5 Å². The van der Waals surface area contributed by atoms with E-state index in [1.807, 2.05) is 6.92 Å². The van der Waals surface area contributed by atoms with E-state index < -0.39 is 11.8 Å². The van der Waals surface area contributed by atoms with E-state index in [0.29, 0.717) is 10.2 Å². The number of carbonyl (C=O) groups is 1. The number of esters is 1. The Balaban J connectivity index is 2.70. The van der Waals surface area contributed by atoms with Crippen molar-refractivity contribution in [2.24, 2.45) is 0 Å². The average Bonchev–Trinajstić information content (AvgIpc) is 2.69. The second-order valence-corrected chi connectivity index (χ2v) is 4.37. The number of methoxy groups -OCH3 is 1. The molecule has 0 aliphatic carbocycles. The topological polar surface area (TPSA) is 39.2 Å². The highest BCUT2D eigenvalue weighted by atomic mass is 32.1. The second-order valence-electron chi connectivity index (χ2n) is 3.25. The minimum atomic E-state index is -0.558. The van der Waals surface area contributed by atoms with E-state index in [1.54, 1.807) is 0 Å². The third kappa shape index (κ3) is 1.78. The van der Waals surface area contributed by atoms with Gasteiger partial charge in [-0.15, -0.1) is 11.3 Å². The lowest BCUT2D eigenvalue weighted by molar-refractivity contribution is 0.0602. The predicted octanol–water partition coefficient (Wildman–Crippen LogP) is 2.78. The monoisotopic (exact) mass is 239 g/mol. The fraction of sp³-hybridized carbons (Fsp3) is 0.273. The lowest BCUT2D eigenvalue weighted by Gasteiger charge is -1.99. The number of hydrogen-bond donors (Lipinski definition) is 0. The number of fused-ring (bicyclic) bond motifs is 1. The summed E-state index contributed by atoms with van der Waals surface area (Å²) in [5.74, 6) is -1.00. The number of thiazole rings is 1. The third-order valence-electron chi connectivity index (χ3n) is 2.21. The molecule has 0 bridgehead atoms. The smallest absolute Gasteiger partial charge is 0.340 e. The quantitative estimate of drug-likeness (QED) is 0.756. The maximum Gasteiger partial charge on any atom is 0.340 e. The van der Waals surface area contributed by atoms with Gasteiger partial charge in [-0.05, 0) is 18.6 Å². The first kappa shape index (κ1) is 11.0. The molecule has 0 radical (unpaired) electrons. The van der Waals surface area contributed by atoms with E-state index in [9.17, 15) is 9.18 Å². The summed E-state index contributed by atoms with van der Waals surface area (Å²) < 4.78 is 18.6. The first-order chi connectivity index (χ1) is 7.65. The number of aryl methyl sites for hydroxylation is 1. The van der Waals surface area contributed by atoms with Crippen LogP contribution in [0.15, 0.2) is 12.1 Å². The van der Waals surface area contributed by atoms with Crippen molar-refractivity contribution in [3.8, 4) is 0 Å². The summed E-state index contributed by atoms with van der Waals surface area (Å²) in [6.45, 7) is 1.96. The number of hydrogen-bond acceptors (Lipinski definition) is 4. The molecule has 3 nitrogen and oxygen atoms in total. The summed E-state index contributed by atoms with van der Waals surface area (Å²) in [4.78, 5) is 15.7. The molecule has 1 aromatic carbocycles. The van der Waals surface area contributed by atoms with E-state index in [2.05, 4.69) is 9.72 Å². The summed E-state index contributed by atoms with van der Waals surface area (Å²) in [5.41, 5.74) is 0.712. The molecule has 0 amide bonds. The number of halogens is 1. The number of carbonyl (C=O) groups excluding carboxylic acids is 1. The highest BCUT2D eigenvalue weighted by Gasteiger charge is 2.16. The van der Waals surface area contributed by atoms with Crippen molar-refractivity contribution in [2.45, 2.75) is 13.3 Å². The molecule has 0 saturated carbocycles. The van der Waals surface area contributed by atoms with Crippen LogP contribution in [-0.2, 0) is 11.2 Å². The fourth-order valence-corrected chi connectivity index (χ4v) is 2.42. The van der Waals surface area contributed by atoms with Crippen molar-refractivity contribution in [1.82, 2.24) is 4.98 Å². The zero-order valence-electron chi connectivity index (χ0n) is 8.91. The van der Waals surface area contributed by atoms with Crippen molar-refractivity contribution < 1.29 is 13.9 Å². The standard InChI is InChI=1S/C11H10FNO2S/c1-3-9-13-10-7(11(14)15-2)4-6(12)5-8(10)16-9/h4-5H,3H2,1-2H3. The molecule has 0 aliphatic rings.